The number of ether oxygens (including phenoxy) is 3. The molecule has 11 heteroatoms. The molecule has 9 nitrogen and oxygen atoms in total. The van der Waals surface area contributed by atoms with Crippen LogP contribution in [0.15, 0.2) is 91.0 Å². The van der Waals surface area contributed by atoms with E-state index in [4.69, 9.17) is 24.4 Å². The van der Waals surface area contributed by atoms with Gasteiger partial charge in [0.15, 0.2) is 15.0 Å². The summed E-state index contributed by atoms with van der Waals surface area (Å²) in [6, 6.07) is 30.9. The molecule has 2 atom stereocenters. The number of rotatable bonds is 15. The van der Waals surface area contributed by atoms with Gasteiger partial charge in [0, 0.05) is 32.8 Å². The zero-order valence-corrected chi connectivity index (χ0v) is 38.1. The summed E-state index contributed by atoms with van der Waals surface area (Å²) in [6.45, 7) is 18.5. The number of methoxy groups -OCH3 is 1. The van der Waals surface area contributed by atoms with Crippen LogP contribution in [0.4, 0.5) is 5.69 Å². The van der Waals surface area contributed by atoms with Crippen molar-refractivity contribution in [1.82, 2.24) is 4.90 Å². The molecule has 1 unspecified atom stereocenters. The van der Waals surface area contributed by atoms with Crippen molar-refractivity contribution in [3.63, 3.8) is 0 Å². The van der Waals surface area contributed by atoms with Gasteiger partial charge in [0.1, 0.15) is 29.4 Å². The normalized spacial score (nSPS) is 15.2. The van der Waals surface area contributed by atoms with Gasteiger partial charge < -0.3 is 29.7 Å². The highest BCUT2D eigenvalue weighted by Gasteiger charge is 2.55. The molecule has 1 aliphatic heterocycles. The lowest BCUT2D eigenvalue weighted by molar-refractivity contribution is -0.178. The number of fused-ring (bicyclic) bond motifs is 1. The maximum absolute atomic E-state index is 14.2. The van der Waals surface area contributed by atoms with Gasteiger partial charge in [0.25, 0.3) is 0 Å². The van der Waals surface area contributed by atoms with Crippen LogP contribution in [-0.4, -0.2) is 57.3 Å². The summed E-state index contributed by atoms with van der Waals surface area (Å²) in [5.74, 6) is -0.997. The van der Waals surface area contributed by atoms with Crippen LogP contribution in [0.1, 0.15) is 76.6 Å². The largest absolute Gasteiger partial charge is 0.496 e. The van der Waals surface area contributed by atoms with E-state index in [0.29, 0.717) is 18.7 Å². The molecule has 0 spiro atoms. The van der Waals surface area contributed by atoms with Crippen molar-refractivity contribution >= 4 is 48.0 Å². The first-order valence-electron chi connectivity index (χ1n) is 20.7. The molecule has 0 radical (unpaired) electrons. The van der Waals surface area contributed by atoms with E-state index < -0.39 is 43.6 Å². The second-order valence-corrected chi connectivity index (χ2v) is 21.3. The zero-order valence-electron chi connectivity index (χ0n) is 36.1. The van der Waals surface area contributed by atoms with Crippen molar-refractivity contribution in [3.8, 4) is 21.9 Å². The lowest BCUT2D eigenvalue weighted by Gasteiger charge is -2.46. The van der Waals surface area contributed by atoms with Gasteiger partial charge in [-0.15, -0.1) is 11.3 Å². The average molecular weight is 836 g/mol. The lowest BCUT2D eigenvalue weighted by atomic mass is 9.75. The molecule has 1 fully saturated rings. The zero-order chi connectivity index (χ0) is 42.5. The standard InChI is InChI=1S/C48H61N3O6SSi/c1-46(2,3)48(49,57-59(8)9)42(45(53)56-47(4,5)6)44(52)50-36-21-19-34(20-22-36)43-39(27-33-17-18-35(40(28-33)54-7)30-51-25-13-14-26-51)38-24-23-37(29-41(38)58-43)55-31-32-15-11-10-12-16-32/h10-12,15-24,28-29,42,59H,13-14,25-27,30-31,49H2,1-9H3,(H,50,52)/t42-,48?/m0/s1. The molecule has 314 valence electrons. The van der Waals surface area contributed by atoms with Crippen molar-refractivity contribution in [2.24, 2.45) is 17.1 Å². The van der Waals surface area contributed by atoms with E-state index in [1.807, 2.05) is 82.4 Å². The van der Waals surface area contributed by atoms with Crippen molar-refractivity contribution in [2.75, 3.05) is 25.5 Å². The van der Waals surface area contributed by atoms with Crippen LogP contribution in [0.2, 0.25) is 13.1 Å². The molecule has 1 aliphatic rings. The maximum Gasteiger partial charge on any atom is 0.323 e. The smallest absolute Gasteiger partial charge is 0.323 e. The summed E-state index contributed by atoms with van der Waals surface area (Å²) in [5, 5.41) is 4.14. The van der Waals surface area contributed by atoms with E-state index in [0.717, 1.165) is 62.8 Å². The molecule has 0 saturated carbocycles. The minimum absolute atomic E-state index is 0.482. The van der Waals surface area contributed by atoms with Gasteiger partial charge in [-0.1, -0.05) is 75.4 Å². The lowest BCUT2D eigenvalue weighted by Crippen LogP contribution is -2.66. The third-order valence-electron chi connectivity index (χ3n) is 10.7. The molecule has 0 aliphatic carbocycles. The summed E-state index contributed by atoms with van der Waals surface area (Å²) in [6.07, 6.45) is 3.18. The van der Waals surface area contributed by atoms with Gasteiger partial charge in [-0.25, -0.2) is 0 Å². The van der Waals surface area contributed by atoms with Crippen LogP contribution >= 0.6 is 11.3 Å². The molecular formula is C48H61N3O6SSi. The van der Waals surface area contributed by atoms with Crippen LogP contribution in [0, 0.1) is 11.3 Å². The number of carbonyl (C=O) groups is 2. The predicted molar refractivity (Wildman–Crippen MR) is 243 cm³/mol. The van der Waals surface area contributed by atoms with Gasteiger partial charge in [-0.05, 0) is 130 Å². The van der Waals surface area contributed by atoms with E-state index in [-0.39, 0.29) is 0 Å². The number of nitrogens with zero attached hydrogens (tertiary/aromatic N) is 1. The van der Waals surface area contributed by atoms with Crippen molar-refractivity contribution in [3.05, 3.63) is 113 Å². The molecule has 6 rings (SSSR count). The van der Waals surface area contributed by atoms with Crippen LogP contribution in [-0.2, 0) is 38.3 Å². The Bertz CT molecular complexity index is 2220. The molecule has 59 heavy (non-hydrogen) atoms. The second-order valence-electron chi connectivity index (χ2n) is 17.9. The number of amides is 1. The van der Waals surface area contributed by atoms with Gasteiger partial charge in [0.2, 0.25) is 5.91 Å². The average Bonchev–Trinajstić information content (AvgIpc) is 3.81. The molecule has 2 heterocycles. The highest BCUT2D eigenvalue weighted by molar-refractivity contribution is 7.22. The number of anilines is 1. The molecule has 1 aromatic heterocycles. The summed E-state index contributed by atoms with van der Waals surface area (Å²) in [4.78, 5) is 31.6. The molecule has 0 bridgehead atoms. The summed E-state index contributed by atoms with van der Waals surface area (Å²) in [5.41, 5.74) is 9.96. The molecule has 3 N–H and O–H groups in total. The Morgan fingerprint density at radius 2 is 1.58 bits per heavy atom. The van der Waals surface area contributed by atoms with Crippen molar-refractivity contribution in [2.45, 2.75) is 98.4 Å². The minimum atomic E-state index is -1.82. The Balaban J connectivity index is 1.32. The monoisotopic (exact) mass is 835 g/mol. The summed E-state index contributed by atoms with van der Waals surface area (Å²) >= 11 is 1.72. The van der Waals surface area contributed by atoms with E-state index in [2.05, 4.69) is 52.7 Å². The number of thiophene rings is 1. The van der Waals surface area contributed by atoms with Gasteiger partial charge in [-0.2, -0.15) is 0 Å². The maximum atomic E-state index is 14.2. The summed E-state index contributed by atoms with van der Waals surface area (Å²) < 4.78 is 25.4. The minimum Gasteiger partial charge on any atom is -0.496 e. The number of hydrogen-bond acceptors (Lipinski definition) is 9. The van der Waals surface area contributed by atoms with Gasteiger partial charge >= 0.3 is 5.97 Å². The van der Waals surface area contributed by atoms with Crippen molar-refractivity contribution < 1.29 is 28.2 Å². The third kappa shape index (κ3) is 10.8. The van der Waals surface area contributed by atoms with E-state index in [1.165, 1.54) is 24.0 Å². The Kier molecular flexibility index (Phi) is 13.7. The first kappa shape index (κ1) is 44.0. The number of esters is 1. The van der Waals surface area contributed by atoms with Crippen molar-refractivity contribution in [1.29, 1.82) is 0 Å². The number of benzene rings is 4. The van der Waals surface area contributed by atoms with Crippen LogP contribution in [0.5, 0.6) is 11.5 Å². The Labute approximate surface area is 355 Å². The van der Waals surface area contributed by atoms with Gasteiger partial charge in [-0.3, -0.25) is 14.5 Å². The quantitative estimate of drug-likeness (QED) is 0.0464. The Morgan fingerprint density at radius 1 is 0.881 bits per heavy atom. The van der Waals surface area contributed by atoms with Gasteiger partial charge in [0.05, 0.1) is 7.11 Å². The fourth-order valence-electron chi connectivity index (χ4n) is 7.61. The molecular weight excluding hydrogens is 775 g/mol. The van der Waals surface area contributed by atoms with Crippen LogP contribution < -0.4 is 20.5 Å². The topological polar surface area (TPSA) is 112 Å². The number of nitrogens with two attached hydrogens (primary N) is 1. The fraction of sp³-hybridized carbons (Fsp3) is 0.417. The Morgan fingerprint density at radius 3 is 2.20 bits per heavy atom. The first-order valence-corrected chi connectivity index (χ1v) is 24.2. The third-order valence-corrected chi connectivity index (χ3v) is 12.8. The highest BCUT2D eigenvalue weighted by atomic mass is 32.1. The van der Waals surface area contributed by atoms with Crippen LogP contribution in [0.25, 0.3) is 20.5 Å². The van der Waals surface area contributed by atoms with E-state index >= 15 is 0 Å². The summed E-state index contributed by atoms with van der Waals surface area (Å²) in [7, 11) is -0.0719. The number of hydrogen-bond donors (Lipinski definition) is 2. The molecule has 1 saturated heterocycles. The fourth-order valence-corrected chi connectivity index (χ4v) is 10.1. The second kappa shape index (κ2) is 18.4. The highest BCUT2D eigenvalue weighted by Crippen LogP contribution is 2.43. The van der Waals surface area contributed by atoms with E-state index in [1.54, 1.807) is 39.2 Å². The molecule has 1 amide bonds. The molecule has 5 aromatic rings. The van der Waals surface area contributed by atoms with Crippen LogP contribution in [0.3, 0.4) is 0 Å². The molecule has 4 aromatic carbocycles. The number of carbonyl (C=O) groups excluding carboxylic acids is 2. The number of nitrogens with one attached hydrogen (secondary N) is 1. The first-order chi connectivity index (χ1) is 27.9. The Hall–Kier alpha value is -4.52. The predicted octanol–water partition coefficient (Wildman–Crippen LogP) is 9.94. The number of likely N-dealkylation sites (tertiary alicyclic amines) is 1. The SMILES string of the molecule is COc1cc(Cc2c(-c3ccc(NC(=O)[C@@H](C(=O)OC(C)(C)C)C(N)(O[SiH](C)C)C(C)(C)C)cc3)sc3cc(OCc4ccccc4)ccc23)ccc1CN1CCCC1. The van der Waals surface area contributed by atoms with E-state index in [9.17, 15) is 9.59 Å².